The van der Waals surface area contributed by atoms with E-state index in [0.29, 0.717) is 50.7 Å². The Morgan fingerprint density at radius 2 is 1.94 bits per heavy atom. The normalized spacial score (nSPS) is 14.5. The van der Waals surface area contributed by atoms with Gasteiger partial charge in [0.1, 0.15) is 12.1 Å². The molecular formula is C26H20ClN5O3. The smallest absolute Gasteiger partial charge is 0.345 e. The molecule has 174 valence electrons. The van der Waals surface area contributed by atoms with Gasteiger partial charge in [0.15, 0.2) is 11.4 Å². The zero-order valence-corrected chi connectivity index (χ0v) is 19.5. The van der Waals surface area contributed by atoms with Crippen LogP contribution in [0.5, 0.6) is 5.75 Å². The van der Waals surface area contributed by atoms with E-state index in [0.717, 1.165) is 17.7 Å². The number of hydrogen-bond acceptors (Lipinski definition) is 6. The third kappa shape index (κ3) is 3.50. The van der Waals surface area contributed by atoms with Gasteiger partial charge in [0.2, 0.25) is 0 Å². The van der Waals surface area contributed by atoms with Crippen molar-refractivity contribution in [2.24, 2.45) is 7.05 Å². The van der Waals surface area contributed by atoms with Crippen molar-refractivity contribution in [3.8, 4) is 17.0 Å². The minimum atomic E-state index is -1.63. The number of benzene rings is 3. The van der Waals surface area contributed by atoms with Crippen LogP contribution in [0.2, 0.25) is 5.02 Å². The van der Waals surface area contributed by atoms with E-state index in [2.05, 4.69) is 20.2 Å². The van der Waals surface area contributed by atoms with Gasteiger partial charge in [-0.1, -0.05) is 35.9 Å². The highest BCUT2D eigenvalue weighted by molar-refractivity contribution is 6.30. The second kappa shape index (κ2) is 8.04. The van der Waals surface area contributed by atoms with Crippen LogP contribution in [0.3, 0.4) is 0 Å². The first-order chi connectivity index (χ1) is 16.9. The number of aliphatic hydroxyl groups is 1. The zero-order valence-electron chi connectivity index (χ0n) is 18.7. The highest BCUT2D eigenvalue weighted by Crippen LogP contribution is 2.40. The molecule has 0 radical (unpaired) electrons. The van der Waals surface area contributed by atoms with Crippen molar-refractivity contribution in [1.29, 1.82) is 0 Å². The molecule has 6 rings (SSSR count). The summed E-state index contributed by atoms with van der Waals surface area (Å²) in [6, 6.07) is 18.2. The summed E-state index contributed by atoms with van der Waals surface area (Å²) >= 11 is 6.22. The van der Waals surface area contributed by atoms with Gasteiger partial charge < -0.3 is 19.4 Å². The SMILES string of the molecule is Cn1cnnc1C(O)(c1ccc2c(c1)CCO2)c1ccc2[nH]c(=O)nc(-c3cccc(Cl)c3)c2c1. The molecule has 35 heavy (non-hydrogen) atoms. The van der Waals surface area contributed by atoms with Crippen molar-refractivity contribution in [3.63, 3.8) is 0 Å². The molecule has 1 aliphatic heterocycles. The zero-order chi connectivity index (χ0) is 24.2. The monoisotopic (exact) mass is 485 g/mol. The summed E-state index contributed by atoms with van der Waals surface area (Å²) in [7, 11) is 1.79. The first kappa shape index (κ1) is 21.5. The van der Waals surface area contributed by atoms with E-state index in [-0.39, 0.29) is 0 Å². The molecule has 0 fully saturated rings. The first-order valence-electron chi connectivity index (χ1n) is 11.1. The van der Waals surface area contributed by atoms with E-state index >= 15 is 0 Å². The number of aryl methyl sites for hydroxylation is 1. The molecular weight excluding hydrogens is 466 g/mol. The number of rotatable bonds is 4. The van der Waals surface area contributed by atoms with Crippen LogP contribution in [0.1, 0.15) is 22.5 Å². The fraction of sp³-hybridized carbons (Fsp3) is 0.154. The third-order valence-electron chi connectivity index (χ3n) is 6.39. The standard InChI is InChI=1S/C26H20ClN5O3/c1-32-14-28-31-24(32)26(34,17-6-8-22-15(11-17)9-10-35-22)18-5-7-21-20(13-18)23(30-25(33)29-21)16-3-2-4-19(27)12-16/h2-8,11-14,34H,9-10H2,1H3,(H,29,30,33). The van der Waals surface area contributed by atoms with E-state index in [4.69, 9.17) is 16.3 Å². The lowest BCUT2D eigenvalue weighted by atomic mass is 9.83. The number of nitrogens with one attached hydrogen (secondary N) is 1. The molecule has 0 aliphatic carbocycles. The Morgan fingerprint density at radius 1 is 1.11 bits per heavy atom. The molecule has 0 amide bonds. The van der Waals surface area contributed by atoms with Gasteiger partial charge >= 0.3 is 5.69 Å². The van der Waals surface area contributed by atoms with Crippen molar-refractivity contribution in [2.75, 3.05) is 6.61 Å². The number of aromatic nitrogens is 5. The number of hydrogen-bond donors (Lipinski definition) is 2. The highest BCUT2D eigenvalue weighted by atomic mass is 35.5. The van der Waals surface area contributed by atoms with Crippen LogP contribution < -0.4 is 10.4 Å². The number of halogens is 1. The van der Waals surface area contributed by atoms with Gasteiger partial charge in [-0.05, 0) is 53.1 Å². The predicted molar refractivity (Wildman–Crippen MR) is 132 cm³/mol. The molecule has 1 aliphatic rings. The maximum atomic E-state index is 12.4. The Kier molecular flexibility index (Phi) is 4.94. The average molecular weight is 486 g/mol. The summed E-state index contributed by atoms with van der Waals surface area (Å²) in [5.41, 5.74) is 1.87. The maximum Gasteiger partial charge on any atom is 0.345 e. The maximum absolute atomic E-state index is 12.4. The lowest BCUT2D eigenvalue weighted by Gasteiger charge is -2.29. The molecule has 0 bridgehead atoms. The Morgan fingerprint density at radius 3 is 2.74 bits per heavy atom. The molecule has 3 heterocycles. The quantitative estimate of drug-likeness (QED) is 0.403. The third-order valence-corrected chi connectivity index (χ3v) is 6.62. The van der Waals surface area contributed by atoms with E-state index in [1.807, 2.05) is 30.3 Å². The summed E-state index contributed by atoms with van der Waals surface area (Å²) in [5.74, 6) is 1.18. The Labute approximate surface area is 204 Å². The molecule has 0 spiro atoms. The number of ether oxygens (including phenoxy) is 1. The van der Waals surface area contributed by atoms with Crippen LogP contribution in [0.25, 0.3) is 22.2 Å². The number of aromatic amines is 1. The van der Waals surface area contributed by atoms with Crippen LogP contribution in [-0.2, 0) is 19.1 Å². The van der Waals surface area contributed by atoms with Gasteiger partial charge in [-0.25, -0.2) is 4.79 Å². The molecule has 3 aromatic carbocycles. The van der Waals surface area contributed by atoms with Gasteiger partial charge in [-0.2, -0.15) is 4.98 Å². The molecule has 1 atom stereocenters. The minimum absolute atomic E-state index is 0.359. The van der Waals surface area contributed by atoms with Gasteiger partial charge in [0.05, 0.1) is 17.8 Å². The van der Waals surface area contributed by atoms with Crippen molar-refractivity contribution >= 4 is 22.5 Å². The molecule has 0 saturated heterocycles. The number of nitrogens with zero attached hydrogens (tertiary/aromatic N) is 4. The van der Waals surface area contributed by atoms with Crippen molar-refractivity contribution in [1.82, 2.24) is 24.7 Å². The fourth-order valence-corrected chi connectivity index (χ4v) is 4.87. The van der Waals surface area contributed by atoms with Gasteiger partial charge in [-0.3, -0.25) is 0 Å². The molecule has 2 aromatic heterocycles. The van der Waals surface area contributed by atoms with Gasteiger partial charge in [0, 0.05) is 29.4 Å². The van der Waals surface area contributed by atoms with Crippen molar-refractivity contribution in [3.05, 3.63) is 105 Å². The van der Waals surface area contributed by atoms with Crippen LogP contribution in [0.4, 0.5) is 0 Å². The predicted octanol–water partition coefficient (Wildman–Crippen LogP) is 3.59. The second-order valence-electron chi connectivity index (χ2n) is 8.56. The van der Waals surface area contributed by atoms with Crippen LogP contribution >= 0.6 is 11.6 Å². The molecule has 9 heteroatoms. The van der Waals surface area contributed by atoms with Crippen molar-refractivity contribution in [2.45, 2.75) is 12.0 Å². The first-order valence-corrected chi connectivity index (χ1v) is 11.4. The van der Waals surface area contributed by atoms with Crippen LogP contribution in [-0.4, -0.2) is 36.4 Å². The van der Waals surface area contributed by atoms with Crippen LogP contribution in [0, 0.1) is 0 Å². The summed E-state index contributed by atoms with van der Waals surface area (Å²) in [4.78, 5) is 19.3. The lowest BCUT2D eigenvalue weighted by molar-refractivity contribution is 0.112. The number of H-pyrrole nitrogens is 1. The van der Waals surface area contributed by atoms with Gasteiger partial charge in [-0.15, -0.1) is 10.2 Å². The van der Waals surface area contributed by atoms with Gasteiger partial charge in [0.25, 0.3) is 0 Å². The topological polar surface area (TPSA) is 106 Å². The summed E-state index contributed by atoms with van der Waals surface area (Å²) in [5, 5.41) is 21.8. The molecule has 0 saturated carbocycles. The van der Waals surface area contributed by atoms with E-state index in [9.17, 15) is 9.90 Å². The van der Waals surface area contributed by atoms with E-state index in [1.54, 1.807) is 48.3 Å². The van der Waals surface area contributed by atoms with E-state index < -0.39 is 11.3 Å². The lowest BCUT2D eigenvalue weighted by Crippen LogP contribution is -2.32. The van der Waals surface area contributed by atoms with Crippen molar-refractivity contribution < 1.29 is 9.84 Å². The molecule has 2 N–H and O–H groups in total. The highest BCUT2D eigenvalue weighted by Gasteiger charge is 2.39. The average Bonchev–Trinajstić information content (AvgIpc) is 3.51. The summed E-state index contributed by atoms with van der Waals surface area (Å²) in [6.07, 6.45) is 2.31. The van der Waals surface area contributed by atoms with Crippen LogP contribution in [0.15, 0.2) is 71.8 Å². The summed E-state index contributed by atoms with van der Waals surface area (Å²) in [6.45, 7) is 0.610. The fourth-order valence-electron chi connectivity index (χ4n) is 4.68. The molecule has 8 nitrogen and oxygen atoms in total. The Bertz CT molecular complexity index is 1660. The minimum Gasteiger partial charge on any atom is -0.493 e. The largest absolute Gasteiger partial charge is 0.493 e. The Balaban J connectivity index is 1.63. The number of fused-ring (bicyclic) bond motifs is 2. The Hall–Kier alpha value is -4.01. The molecule has 5 aromatic rings. The molecule has 1 unspecified atom stereocenters. The summed E-state index contributed by atoms with van der Waals surface area (Å²) < 4.78 is 7.35. The van der Waals surface area contributed by atoms with E-state index in [1.165, 1.54) is 0 Å². The second-order valence-corrected chi connectivity index (χ2v) is 8.99.